The van der Waals surface area contributed by atoms with Gasteiger partial charge in [-0.2, -0.15) is 0 Å². The normalized spacial score (nSPS) is 15.6. The van der Waals surface area contributed by atoms with E-state index >= 15 is 0 Å². The summed E-state index contributed by atoms with van der Waals surface area (Å²) in [6.45, 7) is 5.73. The Morgan fingerprint density at radius 2 is 1.83 bits per heavy atom. The molecule has 120 valence electrons. The molecule has 1 aromatic carbocycles. The minimum atomic E-state index is -0.593. The molecular formula is C18H17N5O. The summed E-state index contributed by atoms with van der Waals surface area (Å²) < 4.78 is 0. The molecule has 4 rings (SSSR count). The van der Waals surface area contributed by atoms with Crippen molar-refractivity contribution in [1.29, 1.82) is 0 Å². The molecule has 0 saturated carbocycles. The first-order valence-corrected chi connectivity index (χ1v) is 7.76. The molecule has 0 fully saturated rings. The maximum atomic E-state index is 12.9. The summed E-state index contributed by atoms with van der Waals surface area (Å²) >= 11 is 0. The van der Waals surface area contributed by atoms with Crippen molar-refractivity contribution in [2.24, 2.45) is 0 Å². The van der Waals surface area contributed by atoms with Gasteiger partial charge >= 0.3 is 0 Å². The van der Waals surface area contributed by atoms with Gasteiger partial charge in [0.2, 0.25) is 11.9 Å². The molecule has 0 bridgehead atoms. The first-order valence-electron chi connectivity index (χ1n) is 7.76. The van der Waals surface area contributed by atoms with Crippen molar-refractivity contribution in [3.8, 4) is 11.1 Å². The number of carbonyl (C=O) groups excluding carboxylic acids is 1. The highest BCUT2D eigenvalue weighted by Crippen LogP contribution is 2.45. The van der Waals surface area contributed by atoms with E-state index in [0.29, 0.717) is 5.95 Å². The number of carbonyl (C=O) groups is 1. The molecule has 1 N–H and O–H groups in total. The number of hydrogen-bond donors (Lipinski definition) is 1. The number of aromatic amines is 1. The fourth-order valence-electron chi connectivity index (χ4n) is 3.06. The van der Waals surface area contributed by atoms with Crippen molar-refractivity contribution in [2.75, 3.05) is 4.90 Å². The monoisotopic (exact) mass is 319 g/mol. The predicted octanol–water partition coefficient (Wildman–Crippen LogP) is 3.13. The molecule has 24 heavy (non-hydrogen) atoms. The fraction of sp³-hybridized carbons (Fsp3) is 0.222. The molecule has 1 amide bonds. The average Bonchev–Trinajstić information content (AvgIpc) is 3.15. The van der Waals surface area contributed by atoms with Gasteiger partial charge < -0.3 is 4.98 Å². The van der Waals surface area contributed by atoms with Crippen molar-refractivity contribution < 1.29 is 4.79 Å². The Bertz CT molecular complexity index is 913. The first kappa shape index (κ1) is 14.6. The lowest BCUT2D eigenvalue weighted by Gasteiger charge is -2.17. The molecule has 0 atom stereocenters. The first-order chi connectivity index (χ1) is 11.5. The Hall–Kier alpha value is -3.02. The Morgan fingerprint density at radius 3 is 2.50 bits per heavy atom. The highest BCUT2D eigenvalue weighted by atomic mass is 16.2. The molecule has 1 aliphatic heterocycles. The quantitative estimate of drug-likeness (QED) is 0.787. The van der Waals surface area contributed by atoms with Crippen LogP contribution in [-0.2, 0) is 10.2 Å². The average molecular weight is 319 g/mol. The molecule has 0 aliphatic carbocycles. The molecule has 0 radical (unpaired) electrons. The zero-order chi connectivity index (χ0) is 16.9. The van der Waals surface area contributed by atoms with Crippen LogP contribution in [0.15, 0.2) is 43.0 Å². The van der Waals surface area contributed by atoms with E-state index < -0.39 is 5.41 Å². The third kappa shape index (κ3) is 2.03. The number of aromatic nitrogens is 4. The highest BCUT2D eigenvalue weighted by Gasteiger charge is 2.45. The summed E-state index contributed by atoms with van der Waals surface area (Å²) in [7, 11) is 0. The predicted molar refractivity (Wildman–Crippen MR) is 91.0 cm³/mol. The third-order valence-electron chi connectivity index (χ3n) is 4.46. The molecule has 2 aromatic heterocycles. The summed E-state index contributed by atoms with van der Waals surface area (Å²) in [5, 5.41) is 0. The third-order valence-corrected chi connectivity index (χ3v) is 4.46. The number of H-pyrrole nitrogens is 1. The van der Waals surface area contributed by atoms with E-state index in [4.69, 9.17) is 0 Å². The van der Waals surface area contributed by atoms with E-state index in [0.717, 1.165) is 28.2 Å². The molecular weight excluding hydrogens is 302 g/mol. The molecule has 6 heteroatoms. The smallest absolute Gasteiger partial charge is 0.244 e. The SMILES string of the molecule is Cc1ncc(-c2ccc3c(c2)N(c2ncc[nH]2)C(=O)C3(C)C)cn1. The van der Waals surface area contributed by atoms with Gasteiger partial charge in [0.15, 0.2) is 0 Å². The van der Waals surface area contributed by atoms with Crippen LogP contribution in [0.5, 0.6) is 0 Å². The summed E-state index contributed by atoms with van der Waals surface area (Å²) in [5.74, 6) is 1.27. The van der Waals surface area contributed by atoms with Crippen LogP contribution in [0.25, 0.3) is 11.1 Å². The lowest BCUT2D eigenvalue weighted by atomic mass is 9.85. The fourth-order valence-corrected chi connectivity index (χ4v) is 3.06. The van der Waals surface area contributed by atoms with Gasteiger partial charge in [-0.05, 0) is 38.0 Å². The van der Waals surface area contributed by atoms with E-state index in [2.05, 4.69) is 19.9 Å². The molecule has 0 spiro atoms. The van der Waals surface area contributed by atoms with Gasteiger partial charge in [0, 0.05) is 30.4 Å². The van der Waals surface area contributed by atoms with Gasteiger partial charge in [-0.3, -0.25) is 4.79 Å². The lowest BCUT2D eigenvalue weighted by molar-refractivity contribution is -0.121. The van der Waals surface area contributed by atoms with Crippen LogP contribution in [0.1, 0.15) is 25.2 Å². The Balaban J connectivity index is 1.88. The number of nitrogens with zero attached hydrogens (tertiary/aromatic N) is 4. The number of benzene rings is 1. The van der Waals surface area contributed by atoms with Crippen LogP contribution in [0.2, 0.25) is 0 Å². The second-order valence-electron chi connectivity index (χ2n) is 6.43. The van der Waals surface area contributed by atoms with Crippen LogP contribution in [-0.4, -0.2) is 25.8 Å². The van der Waals surface area contributed by atoms with Crippen LogP contribution in [0.4, 0.5) is 11.6 Å². The minimum absolute atomic E-state index is 0.00440. The highest BCUT2D eigenvalue weighted by molar-refractivity contribution is 6.11. The van der Waals surface area contributed by atoms with E-state index in [1.807, 2.05) is 39.0 Å². The molecule has 6 nitrogen and oxygen atoms in total. The van der Waals surface area contributed by atoms with Gasteiger partial charge in [-0.15, -0.1) is 0 Å². The van der Waals surface area contributed by atoms with Crippen molar-refractivity contribution in [2.45, 2.75) is 26.2 Å². The largest absolute Gasteiger partial charge is 0.330 e. The molecule has 1 aliphatic rings. The van der Waals surface area contributed by atoms with Crippen LogP contribution in [0.3, 0.4) is 0 Å². The van der Waals surface area contributed by atoms with Crippen molar-refractivity contribution >= 4 is 17.5 Å². The second-order valence-corrected chi connectivity index (χ2v) is 6.43. The van der Waals surface area contributed by atoms with Crippen molar-refractivity contribution in [3.05, 3.63) is 54.4 Å². The number of anilines is 2. The zero-order valence-electron chi connectivity index (χ0n) is 13.7. The van der Waals surface area contributed by atoms with E-state index in [1.54, 1.807) is 29.7 Å². The second kappa shape index (κ2) is 4.99. The summed E-state index contributed by atoms with van der Waals surface area (Å²) in [6, 6.07) is 6.01. The van der Waals surface area contributed by atoms with Crippen LogP contribution >= 0.6 is 0 Å². The number of nitrogens with one attached hydrogen (secondary N) is 1. The van der Waals surface area contributed by atoms with Gasteiger partial charge in [0.05, 0.1) is 11.1 Å². The number of amides is 1. The summed E-state index contributed by atoms with van der Waals surface area (Å²) in [6.07, 6.45) is 6.95. The zero-order valence-corrected chi connectivity index (χ0v) is 13.7. The molecule has 3 aromatic rings. The minimum Gasteiger partial charge on any atom is -0.330 e. The topological polar surface area (TPSA) is 74.8 Å². The standard InChI is InChI=1S/C18H17N5O/c1-11-21-9-13(10-22-11)12-4-5-14-15(8-12)23(16(24)18(14,2)3)17-19-6-7-20-17/h4-10H,1-3H3,(H,19,20). The Morgan fingerprint density at radius 1 is 1.08 bits per heavy atom. The Kier molecular flexibility index (Phi) is 3.03. The van der Waals surface area contributed by atoms with Crippen molar-refractivity contribution in [1.82, 2.24) is 19.9 Å². The molecule has 0 saturated heterocycles. The Labute approximate surface area is 139 Å². The van der Waals surface area contributed by atoms with E-state index in [1.165, 1.54) is 0 Å². The van der Waals surface area contributed by atoms with Gasteiger partial charge in [-0.1, -0.05) is 12.1 Å². The summed E-state index contributed by atoms with van der Waals surface area (Å²) in [4.78, 5) is 30.3. The van der Waals surface area contributed by atoms with E-state index in [-0.39, 0.29) is 5.91 Å². The number of aryl methyl sites for hydroxylation is 1. The number of rotatable bonds is 2. The van der Waals surface area contributed by atoms with Gasteiger partial charge in [0.1, 0.15) is 5.82 Å². The van der Waals surface area contributed by atoms with Crippen LogP contribution in [0, 0.1) is 6.92 Å². The number of imidazole rings is 1. The number of fused-ring (bicyclic) bond motifs is 1. The maximum Gasteiger partial charge on any atom is 0.244 e. The summed E-state index contributed by atoms with van der Waals surface area (Å²) in [5.41, 5.74) is 3.12. The van der Waals surface area contributed by atoms with Gasteiger partial charge in [-0.25, -0.2) is 19.9 Å². The van der Waals surface area contributed by atoms with E-state index in [9.17, 15) is 4.79 Å². The van der Waals surface area contributed by atoms with Gasteiger partial charge in [0.25, 0.3) is 0 Å². The number of hydrogen-bond acceptors (Lipinski definition) is 4. The van der Waals surface area contributed by atoms with Crippen molar-refractivity contribution in [3.63, 3.8) is 0 Å². The lowest BCUT2D eigenvalue weighted by Crippen LogP contribution is -2.33. The maximum absolute atomic E-state index is 12.9. The van der Waals surface area contributed by atoms with Crippen LogP contribution < -0.4 is 4.90 Å². The molecule has 3 heterocycles. The molecule has 0 unspecified atom stereocenters.